The van der Waals surface area contributed by atoms with Crippen molar-refractivity contribution in [1.29, 1.82) is 0 Å². The summed E-state index contributed by atoms with van der Waals surface area (Å²) in [5.74, 6) is 0.0660. The van der Waals surface area contributed by atoms with Gasteiger partial charge in [-0.25, -0.2) is 4.79 Å². The fourth-order valence-corrected chi connectivity index (χ4v) is 6.13. The number of hydrogen-bond acceptors (Lipinski definition) is 4. The van der Waals surface area contributed by atoms with Crippen molar-refractivity contribution in [2.75, 3.05) is 39.3 Å². The predicted molar refractivity (Wildman–Crippen MR) is 144 cm³/mol. The molecule has 5 rings (SSSR count). The van der Waals surface area contributed by atoms with Gasteiger partial charge in [0.2, 0.25) is 5.91 Å². The molecule has 2 amide bonds. The van der Waals surface area contributed by atoms with Gasteiger partial charge in [0, 0.05) is 42.8 Å². The third-order valence-corrected chi connectivity index (χ3v) is 8.05. The number of aliphatic hydroxyl groups is 1. The van der Waals surface area contributed by atoms with Crippen molar-refractivity contribution in [1.82, 2.24) is 14.7 Å². The van der Waals surface area contributed by atoms with E-state index in [1.165, 1.54) is 11.1 Å². The van der Waals surface area contributed by atoms with Gasteiger partial charge in [-0.05, 0) is 77.8 Å². The molecule has 2 N–H and O–H groups in total. The third-order valence-electron chi connectivity index (χ3n) is 7.62. The summed E-state index contributed by atoms with van der Waals surface area (Å²) in [6.45, 7) is 3.09. The van der Waals surface area contributed by atoms with Crippen LogP contribution in [-0.4, -0.2) is 82.3 Å². The van der Waals surface area contributed by atoms with Crippen molar-refractivity contribution in [3.8, 4) is 0 Å². The molecule has 0 bridgehead atoms. The van der Waals surface area contributed by atoms with E-state index in [0.29, 0.717) is 49.2 Å². The van der Waals surface area contributed by atoms with E-state index in [1.807, 2.05) is 12.1 Å². The van der Waals surface area contributed by atoms with Gasteiger partial charge in [-0.1, -0.05) is 41.4 Å². The maximum Gasteiger partial charge on any atom is 0.407 e. The minimum absolute atomic E-state index is 0.0660. The number of amides is 2. The quantitative estimate of drug-likeness (QED) is 0.537. The molecule has 0 radical (unpaired) electrons. The molecule has 2 aromatic carbocycles. The van der Waals surface area contributed by atoms with Crippen molar-refractivity contribution < 1.29 is 19.8 Å². The van der Waals surface area contributed by atoms with Crippen molar-refractivity contribution >= 4 is 40.8 Å². The Kier molecular flexibility index (Phi) is 7.77. The number of carbonyl (C=O) groups excluding carboxylic acids is 1. The van der Waals surface area contributed by atoms with E-state index in [2.05, 4.69) is 29.2 Å². The van der Waals surface area contributed by atoms with Crippen LogP contribution in [0.3, 0.4) is 0 Å². The van der Waals surface area contributed by atoms with Gasteiger partial charge in [0.15, 0.2) is 0 Å². The van der Waals surface area contributed by atoms with Gasteiger partial charge in [0.25, 0.3) is 0 Å². The van der Waals surface area contributed by atoms with Crippen LogP contribution in [0.4, 0.5) is 4.79 Å². The van der Waals surface area contributed by atoms with Gasteiger partial charge in [0.1, 0.15) is 0 Å². The van der Waals surface area contributed by atoms with Crippen LogP contribution in [-0.2, 0) is 17.6 Å². The summed E-state index contributed by atoms with van der Waals surface area (Å²) in [4.78, 5) is 30.0. The van der Waals surface area contributed by atoms with E-state index >= 15 is 0 Å². The standard InChI is InChI=1S/C28H31Cl2N3O4/c29-22-11-18(12-23(30)14-22)5-10-33(28(36)37)26-4-3-20-1-2-21(13-25(20)26)19-6-8-31(9-7-19)17-27(35)32-15-24(34)16-32/h1-2,6,11-14,24,26,34H,3-5,7-10,15-17H2,(H,36,37). The van der Waals surface area contributed by atoms with E-state index in [4.69, 9.17) is 23.2 Å². The first-order valence-electron chi connectivity index (χ1n) is 12.7. The number of likely N-dealkylation sites (tertiary alicyclic amines) is 1. The molecule has 0 saturated carbocycles. The van der Waals surface area contributed by atoms with Crippen molar-refractivity contribution in [3.63, 3.8) is 0 Å². The molecule has 1 aliphatic carbocycles. The van der Waals surface area contributed by atoms with Crippen LogP contribution in [0.25, 0.3) is 5.57 Å². The zero-order valence-corrected chi connectivity index (χ0v) is 22.1. The lowest BCUT2D eigenvalue weighted by Gasteiger charge is -2.37. The van der Waals surface area contributed by atoms with Crippen molar-refractivity contribution in [2.24, 2.45) is 0 Å². The molecule has 7 nitrogen and oxygen atoms in total. The number of aryl methyl sites for hydroxylation is 1. The highest BCUT2D eigenvalue weighted by Crippen LogP contribution is 2.38. The zero-order valence-electron chi connectivity index (χ0n) is 20.6. The number of carbonyl (C=O) groups is 2. The number of hydrogen-bond donors (Lipinski definition) is 2. The van der Waals surface area contributed by atoms with Crippen LogP contribution in [0.5, 0.6) is 0 Å². The first-order chi connectivity index (χ1) is 17.8. The average Bonchev–Trinajstić information content (AvgIpc) is 3.25. The molecule has 3 aliphatic rings. The Labute approximate surface area is 226 Å². The second-order valence-electron chi connectivity index (χ2n) is 10.1. The van der Waals surface area contributed by atoms with E-state index in [-0.39, 0.29) is 18.1 Å². The third kappa shape index (κ3) is 5.96. The Hall–Kier alpha value is -2.58. The Morgan fingerprint density at radius 2 is 1.81 bits per heavy atom. The van der Waals surface area contributed by atoms with Crippen LogP contribution in [0.15, 0.2) is 42.5 Å². The Bertz CT molecular complexity index is 1210. The number of aliphatic hydroxyl groups excluding tert-OH is 1. The first kappa shape index (κ1) is 26.0. The van der Waals surface area contributed by atoms with E-state index in [1.54, 1.807) is 15.9 Å². The van der Waals surface area contributed by atoms with Crippen LogP contribution in [0, 0.1) is 0 Å². The summed E-state index contributed by atoms with van der Waals surface area (Å²) in [5, 5.41) is 20.6. The van der Waals surface area contributed by atoms with Gasteiger partial charge < -0.3 is 20.0 Å². The highest BCUT2D eigenvalue weighted by molar-refractivity contribution is 6.34. The predicted octanol–water partition coefficient (Wildman–Crippen LogP) is 4.50. The summed E-state index contributed by atoms with van der Waals surface area (Å²) >= 11 is 12.2. The molecule has 37 heavy (non-hydrogen) atoms. The lowest BCUT2D eigenvalue weighted by Crippen LogP contribution is -2.56. The molecular formula is C28H31Cl2N3O4. The average molecular weight is 544 g/mol. The number of fused-ring (bicyclic) bond motifs is 1. The monoisotopic (exact) mass is 543 g/mol. The maximum atomic E-state index is 12.3. The van der Waals surface area contributed by atoms with E-state index < -0.39 is 6.09 Å². The fourth-order valence-electron chi connectivity index (χ4n) is 5.56. The summed E-state index contributed by atoms with van der Waals surface area (Å²) in [6.07, 6.45) is 3.85. The zero-order chi connectivity index (χ0) is 26.1. The summed E-state index contributed by atoms with van der Waals surface area (Å²) < 4.78 is 0. The van der Waals surface area contributed by atoms with Crippen LogP contribution in [0.1, 0.15) is 41.1 Å². The molecule has 0 spiro atoms. The molecule has 2 aliphatic heterocycles. The molecule has 1 atom stereocenters. The van der Waals surface area contributed by atoms with Crippen LogP contribution >= 0.6 is 23.2 Å². The topological polar surface area (TPSA) is 84.3 Å². The van der Waals surface area contributed by atoms with Crippen molar-refractivity contribution in [2.45, 2.75) is 37.8 Å². The smallest absolute Gasteiger partial charge is 0.407 e. The molecule has 1 saturated heterocycles. The fraction of sp³-hybridized carbons (Fsp3) is 0.429. The second kappa shape index (κ2) is 11.0. The lowest BCUT2D eigenvalue weighted by molar-refractivity contribution is -0.142. The van der Waals surface area contributed by atoms with Crippen LogP contribution in [0.2, 0.25) is 10.0 Å². The summed E-state index contributed by atoms with van der Waals surface area (Å²) in [5.41, 5.74) is 5.54. The lowest BCUT2D eigenvalue weighted by atomic mass is 9.95. The van der Waals surface area contributed by atoms with Gasteiger partial charge in [-0.15, -0.1) is 0 Å². The Morgan fingerprint density at radius 1 is 1.05 bits per heavy atom. The molecular weight excluding hydrogens is 513 g/mol. The number of β-amino-alcohol motifs (C(OH)–C–C–N with tert-alkyl or cyclic N) is 1. The van der Waals surface area contributed by atoms with Crippen molar-refractivity contribution in [3.05, 3.63) is 74.8 Å². The Balaban J connectivity index is 1.26. The van der Waals surface area contributed by atoms with Gasteiger partial charge in [-0.2, -0.15) is 0 Å². The summed E-state index contributed by atoms with van der Waals surface area (Å²) in [6, 6.07) is 11.6. The van der Waals surface area contributed by atoms with Gasteiger partial charge in [0.05, 0.1) is 18.7 Å². The normalized spacial score (nSPS) is 19.8. The maximum absolute atomic E-state index is 12.3. The number of rotatable bonds is 7. The largest absolute Gasteiger partial charge is 0.465 e. The number of halogens is 2. The second-order valence-corrected chi connectivity index (χ2v) is 11.0. The summed E-state index contributed by atoms with van der Waals surface area (Å²) in [7, 11) is 0. The van der Waals surface area contributed by atoms with E-state index in [9.17, 15) is 19.8 Å². The SMILES string of the molecule is O=C(CN1CC=C(c2ccc3c(c2)C(N(CCc2cc(Cl)cc(Cl)c2)C(=O)O)CC3)CC1)N1CC(O)C1. The highest BCUT2D eigenvalue weighted by Gasteiger charge is 2.32. The van der Waals surface area contributed by atoms with Gasteiger partial charge >= 0.3 is 6.09 Å². The number of benzene rings is 2. The molecule has 9 heteroatoms. The molecule has 0 aromatic heterocycles. The van der Waals surface area contributed by atoms with Crippen LogP contribution < -0.4 is 0 Å². The highest BCUT2D eigenvalue weighted by atomic mass is 35.5. The molecule has 2 aromatic rings. The van der Waals surface area contributed by atoms with Gasteiger partial charge in [-0.3, -0.25) is 9.69 Å². The van der Waals surface area contributed by atoms with E-state index in [0.717, 1.165) is 42.5 Å². The first-order valence-corrected chi connectivity index (χ1v) is 13.5. The number of nitrogens with zero attached hydrogens (tertiary/aromatic N) is 3. The molecule has 1 unspecified atom stereocenters. The molecule has 1 fully saturated rings. The number of carboxylic acid groups (broad SMARTS) is 1. The molecule has 2 heterocycles. The minimum Gasteiger partial charge on any atom is -0.465 e. The minimum atomic E-state index is -0.928. The molecule has 196 valence electrons. The Morgan fingerprint density at radius 3 is 2.46 bits per heavy atom.